The number of nitriles is 1. The van der Waals surface area contributed by atoms with Crippen molar-refractivity contribution in [2.75, 3.05) is 0 Å². The quantitative estimate of drug-likeness (QED) is 0.714. The van der Waals surface area contributed by atoms with Crippen LogP contribution in [-0.4, -0.2) is 0 Å². The van der Waals surface area contributed by atoms with E-state index in [4.69, 9.17) is 14.4 Å². The molecule has 0 atom stereocenters. The molecule has 0 amide bonds. The molecule has 19 heavy (non-hydrogen) atoms. The third-order valence-electron chi connectivity index (χ3n) is 2.54. The lowest BCUT2D eigenvalue weighted by Gasteiger charge is -2.06. The highest BCUT2D eigenvalue weighted by Crippen LogP contribution is 2.28. The van der Waals surface area contributed by atoms with Gasteiger partial charge in [0, 0.05) is 6.07 Å². The molecule has 0 radical (unpaired) electrons. The summed E-state index contributed by atoms with van der Waals surface area (Å²) in [5.74, 6) is 0.999. The number of benzene rings is 2. The summed E-state index contributed by atoms with van der Waals surface area (Å²) < 4.78 is 11.4. The van der Waals surface area contributed by atoms with Gasteiger partial charge in [-0.05, 0) is 24.3 Å². The molecule has 0 aliphatic rings. The van der Waals surface area contributed by atoms with Gasteiger partial charge >= 0.3 is 4.94 Å². The second kappa shape index (κ2) is 4.59. The van der Waals surface area contributed by atoms with E-state index in [1.54, 1.807) is 42.5 Å². The van der Waals surface area contributed by atoms with Crippen molar-refractivity contribution in [3.63, 3.8) is 0 Å². The molecule has 4 nitrogen and oxygen atoms in total. The highest BCUT2D eigenvalue weighted by molar-refractivity contribution is 7.16. The van der Waals surface area contributed by atoms with Crippen LogP contribution in [0.2, 0.25) is 0 Å². The lowest BCUT2D eigenvalue weighted by Crippen LogP contribution is -1.87. The Morgan fingerprint density at radius 1 is 1.21 bits per heavy atom. The number of fused-ring (bicyclic) bond motifs is 1. The smallest absolute Gasteiger partial charge is 0.396 e. The van der Waals surface area contributed by atoms with Crippen LogP contribution in [0.3, 0.4) is 0 Å². The molecule has 0 fully saturated rings. The maximum absolute atomic E-state index is 11.1. The summed E-state index contributed by atoms with van der Waals surface area (Å²) in [7, 11) is 0. The minimum Gasteiger partial charge on any atom is -0.456 e. The van der Waals surface area contributed by atoms with Gasteiger partial charge in [0.05, 0.1) is 10.3 Å². The lowest BCUT2D eigenvalue weighted by atomic mass is 10.2. The first-order valence-electron chi connectivity index (χ1n) is 5.47. The zero-order valence-corrected chi connectivity index (χ0v) is 10.4. The molecule has 0 saturated carbocycles. The van der Waals surface area contributed by atoms with Gasteiger partial charge in [-0.25, -0.2) is 4.79 Å². The predicted octanol–water partition coefficient (Wildman–Crippen LogP) is 3.52. The van der Waals surface area contributed by atoms with Crippen LogP contribution in [0.25, 0.3) is 10.3 Å². The molecule has 3 rings (SSSR count). The van der Waals surface area contributed by atoms with Crippen LogP contribution in [0.1, 0.15) is 5.56 Å². The van der Waals surface area contributed by atoms with Crippen molar-refractivity contribution < 1.29 is 9.15 Å². The fourth-order valence-electron chi connectivity index (χ4n) is 1.69. The molecule has 0 N–H and O–H groups in total. The highest BCUT2D eigenvalue weighted by atomic mass is 32.1. The van der Waals surface area contributed by atoms with E-state index in [2.05, 4.69) is 6.07 Å². The first-order valence-corrected chi connectivity index (χ1v) is 6.28. The van der Waals surface area contributed by atoms with Gasteiger partial charge < -0.3 is 9.15 Å². The normalized spacial score (nSPS) is 10.3. The molecule has 0 saturated heterocycles. The largest absolute Gasteiger partial charge is 0.456 e. The maximum atomic E-state index is 11.1. The molecule has 0 aliphatic carbocycles. The molecular weight excluding hydrogens is 262 g/mol. The van der Waals surface area contributed by atoms with Gasteiger partial charge in [-0.15, -0.1) is 0 Å². The second-order valence-electron chi connectivity index (χ2n) is 3.77. The Hall–Kier alpha value is -2.58. The standard InChI is InChI=1S/C14H7NO3S/c15-8-9-3-1-2-4-11(9)17-10-5-6-13-12(7-10)18-14(16)19-13/h1-7H. The monoisotopic (exact) mass is 269 g/mol. The predicted molar refractivity (Wildman–Crippen MR) is 71.6 cm³/mol. The van der Waals surface area contributed by atoms with E-state index in [0.29, 0.717) is 22.6 Å². The number of ether oxygens (including phenoxy) is 1. The van der Waals surface area contributed by atoms with E-state index in [0.717, 1.165) is 16.0 Å². The third-order valence-corrected chi connectivity index (χ3v) is 3.34. The Bertz CT molecular complexity index is 842. The van der Waals surface area contributed by atoms with Crippen molar-refractivity contribution in [3.05, 3.63) is 57.8 Å². The van der Waals surface area contributed by atoms with Gasteiger partial charge in [0.2, 0.25) is 0 Å². The molecular formula is C14H7NO3S. The van der Waals surface area contributed by atoms with E-state index >= 15 is 0 Å². The van der Waals surface area contributed by atoms with Crippen LogP contribution in [0.15, 0.2) is 51.7 Å². The summed E-state index contributed by atoms with van der Waals surface area (Å²) in [5.41, 5.74) is 0.941. The summed E-state index contributed by atoms with van der Waals surface area (Å²) in [6.07, 6.45) is 0. The summed E-state index contributed by atoms with van der Waals surface area (Å²) in [4.78, 5) is 10.8. The van der Waals surface area contributed by atoms with Gasteiger partial charge in [0.15, 0.2) is 5.58 Å². The van der Waals surface area contributed by atoms with Gasteiger partial charge in [0.25, 0.3) is 0 Å². The molecule has 92 valence electrons. The van der Waals surface area contributed by atoms with Crippen LogP contribution in [0.5, 0.6) is 11.5 Å². The fourth-order valence-corrected chi connectivity index (χ4v) is 2.34. The van der Waals surface area contributed by atoms with Crippen molar-refractivity contribution in [2.24, 2.45) is 0 Å². The van der Waals surface area contributed by atoms with Gasteiger partial charge in [-0.3, -0.25) is 0 Å². The number of nitrogens with zero attached hydrogens (tertiary/aromatic N) is 1. The maximum Gasteiger partial charge on any atom is 0.396 e. The van der Waals surface area contributed by atoms with Crippen LogP contribution < -0.4 is 9.68 Å². The lowest BCUT2D eigenvalue weighted by molar-refractivity contribution is 0.479. The zero-order valence-electron chi connectivity index (χ0n) is 9.62. The first kappa shape index (κ1) is 11.5. The average molecular weight is 269 g/mol. The number of para-hydroxylation sites is 1. The minimum absolute atomic E-state index is 0.343. The summed E-state index contributed by atoms with van der Waals surface area (Å²) in [6, 6.07) is 14.2. The summed E-state index contributed by atoms with van der Waals surface area (Å²) >= 11 is 1.04. The van der Waals surface area contributed by atoms with Crippen molar-refractivity contribution in [1.29, 1.82) is 5.26 Å². The van der Waals surface area contributed by atoms with Crippen LogP contribution in [0, 0.1) is 11.3 Å². The van der Waals surface area contributed by atoms with Crippen LogP contribution >= 0.6 is 11.3 Å². The molecule has 0 unspecified atom stereocenters. The average Bonchev–Trinajstić information content (AvgIpc) is 2.79. The topological polar surface area (TPSA) is 63.2 Å². The molecule has 1 heterocycles. The minimum atomic E-state index is -0.343. The van der Waals surface area contributed by atoms with E-state index in [1.807, 2.05) is 0 Å². The third kappa shape index (κ3) is 2.21. The Morgan fingerprint density at radius 2 is 2.05 bits per heavy atom. The molecule has 0 bridgehead atoms. The van der Waals surface area contributed by atoms with Crippen molar-refractivity contribution in [2.45, 2.75) is 0 Å². The first-order chi connectivity index (χ1) is 9.26. The van der Waals surface area contributed by atoms with Crippen molar-refractivity contribution >= 4 is 21.6 Å². The van der Waals surface area contributed by atoms with Gasteiger partial charge in [-0.2, -0.15) is 5.26 Å². The molecule has 0 spiro atoms. The van der Waals surface area contributed by atoms with E-state index in [1.165, 1.54) is 0 Å². The number of hydrogen-bond donors (Lipinski definition) is 0. The van der Waals surface area contributed by atoms with Crippen LogP contribution in [0.4, 0.5) is 0 Å². The number of rotatable bonds is 2. The number of hydrogen-bond acceptors (Lipinski definition) is 5. The van der Waals surface area contributed by atoms with Crippen LogP contribution in [-0.2, 0) is 0 Å². The second-order valence-corrected chi connectivity index (χ2v) is 4.75. The Morgan fingerprint density at radius 3 is 2.89 bits per heavy atom. The zero-order chi connectivity index (χ0) is 13.2. The van der Waals surface area contributed by atoms with E-state index < -0.39 is 0 Å². The van der Waals surface area contributed by atoms with Gasteiger partial charge in [0.1, 0.15) is 17.6 Å². The van der Waals surface area contributed by atoms with E-state index in [-0.39, 0.29) is 4.94 Å². The highest BCUT2D eigenvalue weighted by Gasteiger charge is 2.07. The Balaban J connectivity index is 2.01. The Kier molecular flexibility index (Phi) is 2.78. The fraction of sp³-hybridized carbons (Fsp3) is 0. The van der Waals surface area contributed by atoms with E-state index in [9.17, 15) is 4.79 Å². The van der Waals surface area contributed by atoms with Crippen molar-refractivity contribution in [3.8, 4) is 17.6 Å². The molecule has 2 aromatic carbocycles. The molecule has 5 heteroatoms. The molecule has 1 aromatic heterocycles. The molecule has 0 aliphatic heterocycles. The summed E-state index contributed by atoms with van der Waals surface area (Å²) in [6.45, 7) is 0. The van der Waals surface area contributed by atoms with Gasteiger partial charge in [-0.1, -0.05) is 23.5 Å². The van der Waals surface area contributed by atoms with Crippen molar-refractivity contribution in [1.82, 2.24) is 0 Å². The SMILES string of the molecule is N#Cc1ccccc1Oc1ccc2sc(=O)oc2c1. The Labute approximate surface area is 112 Å². The summed E-state index contributed by atoms with van der Waals surface area (Å²) in [5, 5.41) is 8.98. The molecule has 3 aromatic rings.